The molecule has 0 bridgehead atoms. The summed E-state index contributed by atoms with van der Waals surface area (Å²) in [5, 5.41) is 3.12. The lowest BCUT2D eigenvalue weighted by Gasteiger charge is -2.29. The summed E-state index contributed by atoms with van der Waals surface area (Å²) in [7, 11) is 0. The second kappa shape index (κ2) is 6.85. The van der Waals surface area contributed by atoms with Crippen LogP contribution in [0.2, 0.25) is 0 Å². The number of nitrogens with one attached hydrogen (secondary N) is 1. The van der Waals surface area contributed by atoms with Crippen LogP contribution in [0.1, 0.15) is 34.2 Å². The van der Waals surface area contributed by atoms with E-state index in [0.29, 0.717) is 5.69 Å². The Labute approximate surface area is 161 Å². The maximum Gasteiger partial charge on any atom is 0.274 e. The second-order valence-electron chi connectivity index (χ2n) is 6.64. The third kappa shape index (κ3) is 3.04. The van der Waals surface area contributed by atoms with E-state index in [0.717, 1.165) is 47.6 Å². The highest BCUT2D eigenvalue weighted by Crippen LogP contribution is 2.27. The molecule has 6 heteroatoms. The number of pyridine rings is 1. The second-order valence-corrected chi connectivity index (χ2v) is 7.55. The molecule has 0 aliphatic carbocycles. The first kappa shape index (κ1) is 17.2. The predicted octanol–water partition coefficient (Wildman–Crippen LogP) is 4.04. The summed E-state index contributed by atoms with van der Waals surface area (Å²) < 4.78 is 2.75. The zero-order valence-electron chi connectivity index (χ0n) is 14.9. The Kier molecular flexibility index (Phi) is 4.54. The number of imidazole rings is 1. The van der Waals surface area contributed by atoms with Crippen LogP contribution in [-0.2, 0) is 13.0 Å². The molecule has 1 aliphatic heterocycles. The topological polar surface area (TPSA) is 49.6 Å². The molecule has 0 unspecified atom stereocenters. The van der Waals surface area contributed by atoms with E-state index in [1.54, 1.807) is 0 Å². The molecule has 0 radical (unpaired) electrons. The van der Waals surface area contributed by atoms with Crippen molar-refractivity contribution in [2.45, 2.75) is 26.8 Å². The number of anilines is 1. The van der Waals surface area contributed by atoms with Gasteiger partial charge < -0.3 is 5.32 Å². The molecule has 5 nitrogen and oxygen atoms in total. The van der Waals surface area contributed by atoms with E-state index >= 15 is 0 Å². The van der Waals surface area contributed by atoms with Crippen molar-refractivity contribution in [1.29, 1.82) is 0 Å². The normalized spacial score (nSPS) is 14.4. The molecule has 1 aromatic carbocycles. The quantitative estimate of drug-likeness (QED) is 0.705. The van der Waals surface area contributed by atoms with Gasteiger partial charge in [0.05, 0.1) is 5.69 Å². The number of rotatable bonds is 3. The lowest BCUT2D eigenvalue weighted by molar-refractivity contribution is 0.102. The molecule has 0 spiro atoms. The fraction of sp³-hybridized carbons (Fsp3) is 0.300. The number of aromatic nitrogens is 2. The highest BCUT2D eigenvalue weighted by Gasteiger charge is 2.21. The van der Waals surface area contributed by atoms with E-state index in [1.165, 1.54) is 11.1 Å². The molecule has 0 fully saturated rings. The minimum atomic E-state index is -0.126. The smallest absolute Gasteiger partial charge is 0.274 e. The fourth-order valence-electron chi connectivity index (χ4n) is 3.65. The summed E-state index contributed by atoms with van der Waals surface area (Å²) in [5.41, 5.74) is 5.52. The number of likely N-dealkylation sites (N-methyl/N-ethyl adjacent to an activating group) is 1. The molecule has 134 valence electrons. The predicted molar refractivity (Wildman–Crippen MR) is 107 cm³/mol. The van der Waals surface area contributed by atoms with Crippen molar-refractivity contribution in [3.8, 4) is 0 Å². The van der Waals surface area contributed by atoms with Crippen molar-refractivity contribution in [1.82, 2.24) is 14.3 Å². The van der Waals surface area contributed by atoms with Gasteiger partial charge in [-0.3, -0.25) is 14.1 Å². The van der Waals surface area contributed by atoms with Gasteiger partial charge in [0.15, 0.2) is 0 Å². The van der Waals surface area contributed by atoms with Gasteiger partial charge in [-0.05, 0) is 65.1 Å². The Morgan fingerprint density at radius 3 is 2.96 bits per heavy atom. The average molecular weight is 413 g/mol. The van der Waals surface area contributed by atoms with Crippen LogP contribution < -0.4 is 5.32 Å². The van der Waals surface area contributed by atoms with Crippen molar-refractivity contribution in [2.24, 2.45) is 0 Å². The molecule has 4 rings (SSSR count). The molecule has 3 heterocycles. The summed E-state index contributed by atoms with van der Waals surface area (Å²) in [5.74, 6) is -0.126. The number of carbonyl (C=O) groups is 1. The number of hydrogen-bond donors (Lipinski definition) is 1. The number of aryl methyl sites for hydroxylation is 1. The summed E-state index contributed by atoms with van der Waals surface area (Å²) >= 11 is 3.47. The van der Waals surface area contributed by atoms with E-state index in [9.17, 15) is 4.79 Å². The number of benzene rings is 1. The summed E-state index contributed by atoms with van der Waals surface area (Å²) in [4.78, 5) is 19.9. The Bertz CT molecular complexity index is 995. The SMILES string of the molecule is CCN1CCc2c(cccc2NC(=O)c2c(C)nc3ccc(Br)cn23)C1. The van der Waals surface area contributed by atoms with Crippen LogP contribution in [0.25, 0.3) is 5.65 Å². The maximum absolute atomic E-state index is 13.0. The van der Waals surface area contributed by atoms with E-state index in [-0.39, 0.29) is 5.91 Å². The van der Waals surface area contributed by atoms with Crippen molar-refractivity contribution in [3.05, 3.63) is 63.5 Å². The minimum absolute atomic E-state index is 0.126. The van der Waals surface area contributed by atoms with Gasteiger partial charge in [0.25, 0.3) is 5.91 Å². The molecular formula is C20H21BrN4O. The summed E-state index contributed by atoms with van der Waals surface area (Å²) in [6.45, 7) is 7.07. The number of fused-ring (bicyclic) bond motifs is 2. The number of amides is 1. The van der Waals surface area contributed by atoms with Gasteiger partial charge in [0.2, 0.25) is 0 Å². The summed E-state index contributed by atoms with van der Waals surface area (Å²) in [6.07, 6.45) is 2.83. The highest BCUT2D eigenvalue weighted by molar-refractivity contribution is 9.10. The zero-order valence-corrected chi connectivity index (χ0v) is 16.5. The van der Waals surface area contributed by atoms with Crippen LogP contribution in [-0.4, -0.2) is 33.3 Å². The number of nitrogens with zero attached hydrogens (tertiary/aromatic N) is 3. The lowest BCUT2D eigenvalue weighted by atomic mass is 9.97. The Balaban J connectivity index is 1.68. The molecule has 0 saturated heterocycles. The average Bonchev–Trinajstić information content (AvgIpc) is 2.96. The van der Waals surface area contributed by atoms with Gasteiger partial charge in [0.1, 0.15) is 11.3 Å². The maximum atomic E-state index is 13.0. The molecule has 0 saturated carbocycles. The van der Waals surface area contributed by atoms with Gasteiger partial charge >= 0.3 is 0 Å². The van der Waals surface area contributed by atoms with Crippen molar-refractivity contribution in [3.63, 3.8) is 0 Å². The Morgan fingerprint density at radius 1 is 1.31 bits per heavy atom. The fourth-order valence-corrected chi connectivity index (χ4v) is 3.98. The van der Waals surface area contributed by atoms with Gasteiger partial charge in [-0.25, -0.2) is 4.98 Å². The van der Waals surface area contributed by atoms with Gasteiger partial charge in [-0.2, -0.15) is 0 Å². The standard InChI is InChI=1S/C20H21BrN4O/c1-3-24-10-9-16-14(11-24)5-4-6-17(16)23-20(26)19-13(2)22-18-8-7-15(21)12-25(18)19/h4-8,12H,3,9-11H2,1-2H3,(H,23,26). The van der Waals surface area contributed by atoms with Crippen LogP contribution >= 0.6 is 15.9 Å². The third-order valence-electron chi connectivity index (χ3n) is 5.01. The molecular weight excluding hydrogens is 392 g/mol. The van der Waals surface area contributed by atoms with Crippen molar-refractivity contribution >= 4 is 33.2 Å². The van der Waals surface area contributed by atoms with Crippen LogP contribution in [0.15, 0.2) is 41.0 Å². The first-order valence-corrected chi connectivity index (χ1v) is 9.65. The molecule has 3 aromatic rings. The van der Waals surface area contributed by atoms with E-state index in [2.05, 4.69) is 44.1 Å². The first-order chi connectivity index (χ1) is 12.6. The van der Waals surface area contributed by atoms with Crippen LogP contribution in [0, 0.1) is 6.92 Å². The van der Waals surface area contributed by atoms with E-state index < -0.39 is 0 Å². The van der Waals surface area contributed by atoms with E-state index in [4.69, 9.17) is 0 Å². The van der Waals surface area contributed by atoms with Gasteiger partial charge in [0, 0.05) is 29.4 Å². The number of halogens is 1. The van der Waals surface area contributed by atoms with Crippen molar-refractivity contribution < 1.29 is 4.79 Å². The van der Waals surface area contributed by atoms with Gasteiger partial charge in [-0.1, -0.05) is 19.1 Å². The van der Waals surface area contributed by atoms with Crippen LogP contribution in [0.4, 0.5) is 5.69 Å². The molecule has 1 amide bonds. The zero-order chi connectivity index (χ0) is 18.3. The van der Waals surface area contributed by atoms with Crippen LogP contribution in [0.3, 0.4) is 0 Å². The van der Waals surface area contributed by atoms with Crippen molar-refractivity contribution in [2.75, 3.05) is 18.4 Å². The third-order valence-corrected chi connectivity index (χ3v) is 5.48. The first-order valence-electron chi connectivity index (χ1n) is 8.85. The largest absolute Gasteiger partial charge is 0.320 e. The molecule has 26 heavy (non-hydrogen) atoms. The molecule has 0 atom stereocenters. The number of carbonyl (C=O) groups excluding carboxylic acids is 1. The molecule has 1 aliphatic rings. The Morgan fingerprint density at radius 2 is 2.15 bits per heavy atom. The molecule has 1 N–H and O–H groups in total. The Hall–Kier alpha value is -2.18. The van der Waals surface area contributed by atoms with Crippen LogP contribution in [0.5, 0.6) is 0 Å². The van der Waals surface area contributed by atoms with E-state index in [1.807, 2.05) is 41.8 Å². The van der Waals surface area contributed by atoms with Gasteiger partial charge in [-0.15, -0.1) is 0 Å². The minimum Gasteiger partial charge on any atom is -0.320 e. The monoisotopic (exact) mass is 412 g/mol. The molecule has 2 aromatic heterocycles. The number of hydrogen-bond acceptors (Lipinski definition) is 3. The lowest BCUT2D eigenvalue weighted by Crippen LogP contribution is -2.31. The highest BCUT2D eigenvalue weighted by atomic mass is 79.9. The summed E-state index contributed by atoms with van der Waals surface area (Å²) in [6, 6.07) is 10.00.